The molecule has 4 nitrogen and oxygen atoms in total. The summed E-state index contributed by atoms with van der Waals surface area (Å²) in [6.07, 6.45) is 5.40. The quantitative estimate of drug-likeness (QED) is 0.842. The van der Waals surface area contributed by atoms with Crippen LogP contribution in [0.5, 0.6) is 0 Å². The van der Waals surface area contributed by atoms with Crippen LogP contribution in [0.2, 0.25) is 0 Å². The van der Waals surface area contributed by atoms with Gasteiger partial charge in [0.05, 0.1) is 12.2 Å². The van der Waals surface area contributed by atoms with Gasteiger partial charge < -0.3 is 15.2 Å². The number of hydrogen-bond donors (Lipinski definition) is 2. The lowest BCUT2D eigenvalue weighted by atomic mass is 9.98. The van der Waals surface area contributed by atoms with Gasteiger partial charge >= 0.3 is 0 Å². The van der Waals surface area contributed by atoms with Gasteiger partial charge in [0, 0.05) is 6.54 Å². The average molecular weight is 283 g/mol. The first-order valence-electron chi connectivity index (χ1n) is 6.84. The molecule has 1 aliphatic rings. The van der Waals surface area contributed by atoms with Crippen molar-refractivity contribution in [3.8, 4) is 0 Å². The maximum Gasteiger partial charge on any atom is 0.246 e. The lowest BCUT2D eigenvalue weighted by molar-refractivity contribution is -0.128. The molecule has 0 aromatic carbocycles. The van der Waals surface area contributed by atoms with Crippen molar-refractivity contribution in [2.75, 3.05) is 13.2 Å². The zero-order chi connectivity index (χ0) is 13.5. The van der Waals surface area contributed by atoms with Gasteiger partial charge in [-0.2, -0.15) is 11.3 Å². The van der Waals surface area contributed by atoms with Gasteiger partial charge in [-0.05, 0) is 35.2 Å². The van der Waals surface area contributed by atoms with Crippen LogP contribution in [0.15, 0.2) is 16.8 Å². The fourth-order valence-electron chi connectivity index (χ4n) is 2.27. The van der Waals surface area contributed by atoms with Crippen LogP contribution in [0.3, 0.4) is 0 Å². The van der Waals surface area contributed by atoms with E-state index in [1.165, 1.54) is 30.6 Å². The van der Waals surface area contributed by atoms with E-state index in [1.54, 1.807) is 0 Å². The zero-order valence-corrected chi connectivity index (χ0v) is 11.8. The number of ether oxygens (including phenoxy) is 1. The molecule has 19 heavy (non-hydrogen) atoms. The first kappa shape index (κ1) is 14.5. The van der Waals surface area contributed by atoms with E-state index in [2.05, 4.69) is 5.32 Å². The highest BCUT2D eigenvalue weighted by Crippen LogP contribution is 2.20. The predicted octanol–water partition coefficient (Wildman–Crippen LogP) is 2.25. The van der Waals surface area contributed by atoms with Gasteiger partial charge in [0.25, 0.3) is 0 Å². The smallest absolute Gasteiger partial charge is 0.246 e. The average Bonchev–Trinajstić information content (AvgIpc) is 2.98. The molecule has 1 fully saturated rings. The molecule has 1 atom stereocenters. The highest BCUT2D eigenvalue weighted by Gasteiger charge is 2.15. The molecule has 0 radical (unpaired) electrons. The fraction of sp³-hybridized carbons (Fsp3) is 0.643. The summed E-state index contributed by atoms with van der Waals surface area (Å²) in [5.74, 6) is -0.153. The third-order valence-corrected chi connectivity index (χ3v) is 4.12. The number of aliphatic hydroxyl groups excluding tert-OH is 1. The Labute approximate surface area is 117 Å². The summed E-state index contributed by atoms with van der Waals surface area (Å²) in [6, 6.07) is 1.86. The van der Waals surface area contributed by atoms with Crippen molar-refractivity contribution in [2.45, 2.75) is 44.3 Å². The molecule has 1 saturated carbocycles. The van der Waals surface area contributed by atoms with E-state index < -0.39 is 6.10 Å². The monoisotopic (exact) mass is 283 g/mol. The Morgan fingerprint density at radius 1 is 1.47 bits per heavy atom. The molecule has 1 unspecified atom stereocenters. The molecule has 0 saturated heterocycles. The Hall–Kier alpha value is -0.910. The van der Waals surface area contributed by atoms with Crippen LogP contribution >= 0.6 is 11.3 Å². The van der Waals surface area contributed by atoms with E-state index >= 15 is 0 Å². The molecule has 1 aromatic rings. The molecule has 0 bridgehead atoms. The molecular weight excluding hydrogens is 262 g/mol. The number of hydrogen-bond acceptors (Lipinski definition) is 4. The molecule has 0 aliphatic heterocycles. The Balaban J connectivity index is 1.61. The molecule has 0 spiro atoms. The highest BCUT2D eigenvalue weighted by molar-refractivity contribution is 7.07. The summed E-state index contributed by atoms with van der Waals surface area (Å²) in [4.78, 5) is 11.6. The van der Waals surface area contributed by atoms with E-state index in [0.29, 0.717) is 0 Å². The number of nitrogens with one attached hydrogen (secondary N) is 1. The minimum Gasteiger partial charge on any atom is -0.387 e. The number of carbonyl (C=O) groups is 1. The third-order valence-electron chi connectivity index (χ3n) is 3.42. The van der Waals surface area contributed by atoms with E-state index in [-0.39, 0.29) is 25.2 Å². The highest BCUT2D eigenvalue weighted by atomic mass is 32.1. The van der Waals surface area contributed by atoms with Crippen molar-refractivity contribution in [3.05, 3.63) is 22.4 Å². The van der Waals surface area contributed by atoms with Gasteiger partial charge in [0.1, 0.15) is 6.61 Å². The second-order valence-electron chi connectivity index (χ2n) is 4.95. The largest absolute Gasteiger partial charge is 0.387 e. The molecule has 1 aromatic heterocycles. The van der Waals surface area contributed by atoms with Gasteiger partial charge in [-0.1, -0.05) is 19.3 Å². The van der Waals surface area contributed by atoms with Crippen LogP contribution in [-0.2, 0) is 9.53 Å². The standard InChI is InChI=1S/C14H21NO3S/c16-13(11-6-7-19-10-11)8-15-14(17)9-18-12-4-2-1-3-5-12/h6-7,10,12-13,16H,1-5,8-9H2,(H,15,17). The van der Waals surface area contributed by atoms with Crippen molar-refractivity contribution in [1.29, 1.82) is 0 Å². The topological polar surface area (TPSA) is 58.6 Å². The number of thiophene rings is 1. The summed E-state index contributed by atoms with van der Waals surface area (Å²) >= 11 is 1.53. The molecular formula is C14H21NO3S. The maximum absolute atomic E-state index is 11.6. The minimum absolute atomic E-state index is 0.0982. The second kappa shape index (κ2) is 7.62. The first-order chi connectivity index (χ1) is 9.25. The fourth-order valence-corrected chi connectivity index (χ4v) is 2.98. The lowest BCUT2D eigenvalue weighted by Crippen LogP contribution is -2.33. The number of carbonyl (C=O) groups excluding carboxylic acids is 1. The van der Waals surface area contributed by atoms with Crippen molar-refractivity contribution in [3.63, 3.8) is 0 Å². The summed E-state index contributed by atoms with van der Waals surface area (Å²) < 4.78 is 5.58. The number of rotatable bonds is 6. The molecule has 2 rings (SSSR count). The van der Waals surface area contributed by atoms with Gasteiger partial charge in [-0.15, -0.1) is 0 Å². The van der Waals surface area contributed by atoms with Gasteiger partial charge in [0.15, 0.2) is 0 Å². The maximum atomic E-state index is 11.6. The number of aliphatic hydroxyl groups is 1. The zero-order valence-electron chi connectivity index (χ0n) is 11.0. The van der Waals surface area contributed by atoms with Gasteiger partial charge in [-0.3, -0.25) is 4.79 Å². The van der Waals surface area contributed by atoms with Gasteiger partial charge in [-0.25, -0.2) is 0 Å². The second-order valence-corrected chi connectivity index (χ2v) is 5.73. The van der Waals surface area contributed by atoms with E-state index in [0.717, 1.165) is 18.4 Å². The normalized spacial score (nSPS) is 18.2. The summed E-state index contributed by atoms with van der Waals surface area (Å²) in [7, 11) is 0. The van der Waals surface area contributed by atoms with E-state index in [1.807, 2.05) is 16.8 Å². The summed E-state index contributed by atoms with van der Waals surface area (Å²) in [5.41, 5.74) is 0.846. The van der Waals surface area contributed by atoms with E-state index in [4.69, 9.17) is 4.74 Å². The Kier molecular flexibility index (Phi) is 5.82. The van der Waals surface area contributed by atoms with Crippen molar-refractivity contribution in [2.24, 2.45) is 0 Å². The molecule has 1 heterocycles. The van der Waals surface area contributed by atoms with Crippen molar-refractivity contribution >= 4 is 17.2 Å². The minimum atomic E-state index is -0.634. The van der Waals surface area contributed by atoms with Crippen LogP contribution in [0.25, 0.3) is 0 Å². The van der Waals surface area contributed by atoms with Gasteiger partial charge in [0.2, 0.25) is 5.91 Å². The SMILES string of the molecule is O=C(COC1CCCCC1)NCC(O)c1ccsc1. The Bertz CT molecular complexity index is 374. The molecule has 5 heteroatoms. The van der Waals surface area contributed by atoms with Crippen LogP contribution in [0.4, 0.5) is 0 Å². The number of amides is 1. The van der Waals surface area contributed by atoms with Crippen molar-refractivity contribution < 1.29 is 14.6 Å². The summed E-state index contributed by atoms with van der Waals surface area (Å²) in [5, 5.41) is 16.3. The van der Waals surface area contributed by atoms with Crippen LogP contribution in [0.1, 0.15) is 43.8 Å². The molecule has 1 aliphatic carbocycles. The van der Waals surface area contributed by atoms with Crippen LogP contribution < -0.4 is 5.32 Å². The predicted molar refractivity (Wildman–Crippen MR) is 75.1 cm³/mol. The lowest BCUT2D eigenvalue weighted by Gasteiger charge is -2.21. The Morgan fingerprint density at radius 3 is 2.95 bits per heavy atom. The van der Waals surface area contributed by atoms with Crippen LogP contribution in [-0.4, -0.2) is 30.3 Å². The first-order valence-corrected chi connectivity index (χ1v) is 7.78. The van der Waals surface area contributed by atoms with Crippen molar-refractivity contribution in [1.82, 2.24) is 5.32 Å². The Morgan fingerprint density at radius 2 is 2.26 bits per heavy atom. The summed E-state index contributed by atoms with van der Waals surface area (Å²) in [6.45, 7) is 0.338. The molecule has 106 valence electrons. The van der Waals surface area contributed by atoms with Crippen LogP contribution in [0, 0.1) is 0 Å². The van der Waals surface area contributed by atoms with E-state index in [9.17, 15) is 9.90 Å². The molecule has 2 N–H and O–H groups in total. The molecule has 1 amide bonds. The third kappa shape index (κ3) is 4.93.